The number of nitrogens with two attached hydrogens (primary N) is 11. The number of nitrogens with zero attached hydrogens (tertiary/aromatic N) is 6. The lowest BCUT2D eigenvalue weighted by Crippen LogP contribution is -2.62. The van der Waals surface area contributed by atoms with Crippen LogP contribution in [0.25, 0.3) is 0 Å². The number of benzene rings is 1. The Kier molecular flexibility index (Phi) is 39.4. The number of carbonyl (C=O) groups excluding carboxylic acids is 9. The molecule has 1 saturated heterocycles. The number of rotatable bonds is 48. The van der Waals surface area contributed by atoms with Gasteiger partial charge in [0.2, 0.25) is 53.2 Å². The van der Waals surface area contributed by atoms with E-state index >= 15 is 0 Å². The summed E-state index contributed by atoms with van der Waals surface area (Å²) in [4.78, 5) is 201. The highest BCUT2D eigenvalue weighted by atomic mass is 31.2. The number of aliphatic imine (C=N–C) groups is 5. The van der Waals surface area contributed by atoms with Crippen molar-refractivity contribution in [3.63, 3.8) is 0 Å². The lowest BCUT2D eigenvalue weighted by molar-refractivity contribution is -0.143. The van der Waals surface area contributed by atoms with Gasteiger partial charge >= 0.3 is 21.6 Å². The molecular weight excluding hydrogens is 1390 g/mol. The van der Waals surface area contributed by atoms with Gasteiger partial charge in [-0.15, -0.1) is 0 Å². The maximum absolute atomic E-state index is 14.7. The van der Waals surface area contributed by atoms with Crippen LogP contribution in [-0.2, 0) is 72.5 Å². The van der Waals surface area contributed by atoms with Gasteiger partial charge in [0.05, 0.1) is 19.3 Å². The van der Waals surface area contributed by atoms with E-state index in [1.807, 2.05) is 0 Å². The van der Waals surface area contributed by atoms with E-state index in [1.54, 1.807) is 44.2 Å². The second kappa shape index (κ2) is 45.3. The zero-order chi connectivity index (χ0) is 76.9. The molecule has 0 bridgehead atoms. The molecule has 44 nitrogen and oxygen atoms in total. The number of carbonyl (C=O) groups is 10. The zero-order valence-electron chi connectivity index (χ0n) is 56.7. The normalized spacial score (nSPS) is 15.7. The van der Waals surface area contributed by atoms with E-state index in [2.05, 4.69) is 72.0 Å². The predicted molar refractivity (Wildman–Crippen MR) is 371 cm³/mol. The van der Waals surface area contributed by atoms with Gasteiger partial charge in [-0.2, -0.15) is 0 Å². The van der Waals surface area contributed by atoms with Crippen LogP contribution in [0.15, 0.2) is 55.3 Å². The first kappa shape index (κ1) is 88.5. The topological polar surface area (TPSA) is 772 Å². The molecule has 35 N–H and O–H groups in total. The molecule has 0 unspecified atom stereocenters. The number of aliphatic carboxylic acids is 1. The van der Waals surface area contributed by atoms with Crippen molar-refractivity contribution in [3.8, 4) is 0 Å². The van der Waals surface area contributed by atoms with Crippen molar-refractivity contribution >= 4 is 105 Å². The van der Waals surface area contributed by atoms with Crippen molar-refractivity contribution in [1.29, 1.82) is 0 Å². The SMILES string of the molecule is CC[C@H](C)[C@H](NC(=O)[C@@H]1CCCN1C(=O)[C@H](COP(=O)(O)O)NC(=O)[C@H](CCCN=C(N)N)NC(=O)[C@H](COP(=O)(O)O)NC(=O)[C@H](Cc1ccccc1)NC(=O)[C@H](CCCN=C(N)N)NC(=O)[C@@H](N)CCCN=C(N)N)C(=O)N[C@@H](CCCN=C(N)N)C(=O)N[C@@H](CCCN=C(N)N)C(=O)O. The third-order valence-corrected chi connectivity index (χ3v) is 16.2. The van der Waals surface area contributed by atoms with E-state index in [-0.39, 0.29) is 147 Å². The smallest absolute Gasteiger partial charge is 0.469 e. The van der Waals surface area contributed by atoms with Gasteiger partial charge < -0.3 is 135 Å². The first-order chi connectivity index (χ1) is 47.8. The summed E-state index contributed by atoms with van der Waals surface area (Å²) in [5, 5.41) is 29.5. The van der Waals surface area contributed by atoms with Crippen LogP contribution in [-0.4, -0.2) is 231 Å². The van der Waals surface area contributed by atoms with Gasteiger partial charge in [0, 0.05) is 45.7 Å². The first-order valence-corrected chi connectivity index (χ1v) is 35.3. The van der Waals surface area contributed by atoms with E-state index in [9.17, 15) is 81.8 Å². The zero-order valence-corrected chi connectivity index (χ0v) is 58.5. The number of guanidine groups is 5. The predicted octanol–water partition coefficient (Wildman–Crippen LogP) is -8.96. The van der Waals surface area contributed by atoms with Crippen LogP contribution in [0.4, 0.5) is 0 Å². The van der Waals surface area contributed by atoms with E-state index in [0.717, 1.165) is 4.90 Å². The largest absolute Gasteiger partial charge is 0.480 e. The third-order valence-electron chi connectivity index (χ3n) is 15.2. The number of phosphoric ester groups is 2. The lowest BCUT2D eigenvalue weighted by Gasteiger charge is -2.32. The first-order valence-electron chi connectivity index (χ1n) is 32.3. The second-order valence-corrected chi connectivity index (χ2v) is 25.9. The summed E-state index contributed by atoms with van der Waals surface area (Å²) >= 11 is 0. The van der Waals surface area contributed by atoms with Crippen molar-refractivity contribution in [1.82, 2.24) is 47.4 Å². The van der Waals surface area contributed by atoms with Crippen LogP contribution in [0, 0.1) is 5.92 Å². The van der Waals surface area contributed by atoms with E-state index in [4.69, 9.17) is 67.6 Å². The fourth-order valence-corrected chi connectivity index (χ4v) is 10.5. The summed E-state index contributed by atoms with van der Waals surface area (Å²) in [6, 6.07) is -8.37. The average molecular weight is 1490 g/mol. The third kappa shape index (κ3) is 36.2. The maximum atomic E-state index is 14.7. The Morgan fingerprint density at radius 1 is 0.500 bits per heavy atom. The van der Waals surface area contributed by atoms with Gasteiger partial charge in [-0.05, 0) is 88.5 Å². The van der Waals surface area contributed by atoms with Crippen LogP contribution in [0.5, 0.6) is 0 Å². The molecule has 9 amide bonds. The number of carboxylic acid groups (broad SMARTS) is 1. The summed E-state index contributed by atoms with van der Waals surface area (Å²) < 4.78 is 33.8. The monoisotopic (exact) mass is 1490 g/mol. The minimum absolute atomic E-state index is 0.0180. The number of nitrogens with one attached hydrogen (secondary N) is 8. The van der Waals surface area contributed by atoms with Crippen LogP contribution >= 0.6 is 15.6 Å². The molecule has 0 radical (unpaired) electrons. The van der Waals surface area contributed by atoms with Crippen LogP contribution in [0.2, 0.25) is 0 Å². The van der Waals surface area contributed by atoms with Gasteiger partial charge in [0.15, 0.2) is 29.8 Å². The Labute approximate surface area is 587 Å². The van der Waals surface area contributed by atoms with Gasteiger partial charge in [0.25, 0.3) is 0 Å². The molecule has 574 valence electrons. The molecule has 2 rings (SSSR count). The number of likely N-dealkylation sites (tertiary alicyclic amines) is 1. The fourth-order valence-electron chi connectivity index (χ4n) is 9.84. The Morgan fingerprint density at radius 3 is 1.27 bits per heavy atom. The molecule has 102 heavy (non-hydrogen) atoms. The average Bonchev–Trinajstić information content (AvgIpc) is 1.58. The van der Waals surface area contributed by atoms with Gasteiger partial charge in [0.1, 0.15) is 54.4 Å². The van der Waals surface area contributed by atoms with Gasteiger partial charge in [-0.25, -0.2) is 13.9 Å². The van der Waals surface area contributed by atoms with Crippen molar-refractivity contribution in [2.45, 2.75) is 164 Å². The van der Waals surface area contributed by atoms with Crippen LogP contribution in [0.3, 0.4) is 0 Å². The lowest BCUT2D eigenvalue weighted by atomic mass is 9.96. The van der Waals surface area contributed by atoms with E-state index in [0.29, 0.717) is 5.56 Å². The van der Waals surface area contributed by atoms with Crippen LogP contribution in [0.1, 0.15) is 103 Å². The van der Waals surface area contributed by atoms with E-state index < -0.39 is 167 Å². The van der Waals surface area contributed by atoms with Gasteiger partial charge in [-0.3, -0.25) is 77.2 Å². The molecule has 1 aliphatic rings. The summed E-state index contributed by atoms with van der Waals surface area (Å²) in [5.41, 5.74) is 61.0. The molecule has 1 fully saturated rings. The summed E-state index contributed by atoms with van der Waals surface area (Å²) in [7, 11) is -11.0. The quantitative estimate of drug-likeness (QED) is 0.0125. The number of hydrogen-bond acceptors (Lipinski definition) is 20. The molecule has 1 aromatic carbocycles. The molecular formula is C56H101N25O19P2. The Balaban J connectivity index is 2.64. The molecule has 1 aliphatic heterocycles. The molecule has 46 heteroatoms. The fraction of sp³-hybridized carbons (Fsp3) is 0.625. The number of amides is 9. The highest BCUT2D eigenvalue weighted by Crippen LogP contribution is 2.37. The minimum atomic E-state index is -5.51. The Bertz CT molecular complexity index is 3190. The molecule has 0 spiro atoms. The summed E-state index contributed by atoms with van der Waals surface area (Å²) in [6.07, 6.45) is -0.557. The molecule has 1 aromatic rings. The number of phosphoric acid groups is 2. The second-order valence-electron chi connectivity index (χ2n) is 23.4. The standard InChI is InChI=1S/C56H101N25O19P2/c1-3-30(2)41(49(89)75-35(18-10-24-71-55(64)65)43(83)76-36(51(91)92)19-11-25-72-56(66)67)80-48(88)40-20-12-26-81(40)50(90)39(29-100-102(96,97)98)79-45(85)34(17-9-23-70-54(62)63)74-47(87)38(28-99-101(93,94)95)78-46(86)37(27-31-13-5-4-6-14-31)77-44(84)33(16-8-22-69-53(60)61)73-42(82)32(57)15-7-21-68-52(58)59/h4-6,13-14,30,32-41H,3,7-12,15-29,57H2,1-2H3,(H,73,82)(H,74,87)(H,75,89)(H,76,83)(H,77,84)(H,78,86)(H,79,85)(H,80,88)(H,91,92)(H4,58,59,68)(H4,60,61,69)(H4,62,63,70)(H4,64,65,71)(H4,66,67,72)(H2,93,94,95)(H2,96,97,98)/t30-,32-,33-,34-,35-,36-,37-,38-,39-,40-,41-/m0/s1. The minimum Gasteiger partial charge on any atom is -0.480 e. The summed E-state index contributed by atoms with van der Waals surface area (Å²) in [6.45, 7) is 0.277. The molecule has 0 saturated carbocycles. The number of carboxylic acids is 1. The number of hydrogen-bond donors (Lipinski definition) is 24. The molecule has 0 aromatic heterocycles. The van der Waals surface area contributed by atoms with E-state index in [1.165, 1.54) is 0 Å². The molecule has 1 heterocycles. The highest BCUT2D eigenvalue weighted by Gasteiger charge is 2.42. The molecule has 0 aliphatic carbocycles. The maximum Gasteiger partial charge on any atom is 0.469 e. The van der Waals surface area contributed by atoms with Gasteiger partial charge in [-0.1, -0.05) is 50.6 Å². The van der Waals surface area contributed by atoms with Crippen LogP contribution < -0.4 is 106 Å². The Morgan fingerprint density at radius 2 is 0.853 bits per heavy atom. The molecule has 11 atom stereocenters. The van der Waals surface area contributed by atoms with Crippen molar-refractivity contribution in [3.05, 3.63) is 35.9 Å². The van der Waals surface area contributed by atoms with Crippen molar-refractivity contribution < 1.29 is 90.8 Å². The highest BCUT2D eigenvalue weighted by molar-refractivity contribution is 7.46. The Hall–Kier alpha value is -9.55. The van der Waals surface area contributed by atoms with Crippen molar-refractivity contribution in [2.24, 2.45) is 94.0 Å². The summed E-state index contributed by atoms with van der Waals surface area (Å²) in [5.74, 6) is -13.2. The van der Waals surface area contributed by atoms with Crippen molar-refractivity contribution in [2.75, 3.05) is 52.5 Å².